The van der Waals surface area contributed by atoms with E-state index in [2.05, 4.69) is 21.3 Å². The van der Waals surface area contributed by atoms with Crippen molar-refractivity contribution in [1.82, 2.24) is 21.3 Å². The van der Waals surface area contributed by atoms with Gasteiger partial charge in [0, 0.05) is 32.1 Å². The molecular formula is C29H39N5O9. The van der Waals surface area contributed by atoms with Gasteiger partial charge < -0.3 is 30.5 Å². The van der Waals surface area contributed by atoms with E-state index in [1.165, 1.54) is 31.3 Å². The summed E-state index contributed by atoms with van der Waals surface area (Å²) in [5, 5.41) is 31.2. The minimum Gasteiger partial charge on any atom is -0.497 e. The standard InChI is InChI=1S/C29H39N5O9/c1-18(2)15-24(27(36)33-25(26(35)30-3)16-19-7-11-22(42-4)12-8-19)32-23(28(37)38)13-14-31-29(39)43-17-20-5-9-21(10-6-20)34(40)41/h5-12,18,23-25,32H,13-17H2,1-4H3,(H,30,35)(H,31,39)(H,33,36)(H,37,38)/t23-,24+,25+/m1/s1. The predicted octanol–water partition coefficient (Wildman–Crippen LogP) is 2.15. The molecule has 0 aliphatic heterocycles. The van der Waals surface area contributed by atoms with E-state index < -0.39 is 46.9 Å². The van der Waals surface area contributed by atoms with Gasteiger partial charge in [-0.3, -0.25) is 29.8 Å². The van der Waals surface area contributed by atoms with Crippen LogP contribution in [0.5, 0.6) is 5.75 Å². The van der Waals surface area contributed by atoms with Crippen molar-refractivity contribution in [2.45, 2.75) is 57.8 Å². The Morgan fingerprint density at radius 2 is 1.56 bits per heavy atom. The first-order chi connectivity index (χ1) is 20.4. The van der Waals surface area contributed by atoms with Crippen LogP contribution in [0, 0.1) is 16.0 Å². The Kier molecular flexibility index (Phi) is 13.9. The number of carboxylic acids is 1. The number of likely N-dealkylation sites (N-methyl/N-ethyl adjacent to an activating group) is 1. The number of rotatable bonds is 17. The highest BCUT2D eigenvalue weighted by atomic mass is 16.6. The van der Waals surface area contributed by atoms with E-state index in [0.717, 1.165) is 5.56 Å². The van der Waals surface area contributed by atoms with E-state index in [1.54, 1.807) is 31.4 Å². The Balaban J connectivity index is 1.98. The molecule has 234 valence electrons. The Morgan fingerprint density at radius 3 is 2.09 bits per heavy atom. The fourth-order valence-corrected chi connectivity index (χ4v) is 4.13. The SMILES string of the molecule is CNC(=O)[C@H](Cc1ccc(OC)cc1)NC(=O)[C@H](CC(C)C)N[C@H](CCNC(=O)OCc1ccc([N+](=O)[O-])cc1)C(=O)O. The van der Waals surface area contributed by atoms with E-state index in [9.17, 15) is 34.4 Å². The third-order valence-electron chi connectivity index (χ3n) is 6.42. The molecule has 0 aromatic heterocycles. The Morgan fingerprint density at radius 1 is 0.930 bits per heavy atom. The van der Waals surface area contributed by atoms with Gasteiger partial charge in [-0.2, -0.15) is 0 Å². The molecule has 0 saturated heterocycles. The van der Waals surface area contributed by atoms with Gasteiger partial charge in [0.25, 0.3) is 5.69 Å². The number of nitro benzene ring substituents is 1. The number of nitro groups is 1. The Bertz CT molecular complexity index is 1240. The molecule has 0 aliphatic rings. The van der Waals surface area contributed by atoms with E-state index in [-0.39, 0.29) is 37.6 Å². The maximum atomic E-state index is 13.3. The quantitative estimate of drug-likeness (QED) is 0.132. The highest BCUT2D eigenvalue weighted by Crippen LogP contribution is 2.15. The number of carboxylic acid groups (broad SMARTS) is 1. The van der Waals surface area contributed by atoms with Crippen LogP contribution in [0.25, 0.3) is 0 Å². The van der Waals surface area contributed by atoms with Crippen molar-refractivity contribution in [3.8, 4) is 5.75 Å². The molecule has 0 saturated carbocycles. The molecule has 0 spiro atoms. The molecule has 2 aromatic carbocycles. The molecule has 2 aromatic rings. The monoisotopic (exact) mass is 601 g/mol. The van der Waals surface area contributed by atoms with Crippen molar-refractivity contribution >= 4 is 29.6 Å². The fraction of sp³-hybridized carbons (Fsp3) is 0.448. The van der Waals surface area contributed by atoms with Crippen molar-refractivity contribution in [2.75, 3.05) is 20.7 Å². The number of non-ortho nitro benzene ring substituents is 1. The van der Waals surface area contributed by atoms with Gasteiger partial charge in [0.15, 0.2) is 0 Å². The maximum Gasteiger partial charge on any atom is 0.407 e. The summed E-state index contributed by atoms with van der Waals surface area (Å²) in [6.45, 7) is 3.56. The zero-order valence-electron chi connectivity index (χ0n) is 24.6. The zero-order valence-corrected chi connectivity index (χ0v) is 24.6. The summed E-state index contributed by atoms with van der Waals surface area (Å²) in [7, 11) is 3.00. The van der Waals surface area contributed by atoms with E-state index in [1.807, 2.05) is 13.8 Å². The average Bonchev–Trinajstić information content (AvgIpc) is 2.98. The molecule has 2 rings (SSSR count). The summed E-state index contributed by atoms with van der Waals surface area (Å²) in [6, 6.07) is 9.54. The summed E-state index contributed by atoms with van der Waals surface area (Å²) in [5.74, 6) is -1.48. The average molecular weight is 602 g/mol. The van der Waals surface area contributed by atoms with Gasteiger partial charge in [0.05, 0.1) is 18.1 Å². The van der Waals surface area contributed by atoms with Gasteiger partial charge in [-0.1, -0.05) is 26.0 Å². The van der Waals surface area contributed by atoms with E-state index in [4.69, 9.17) is 9.47 Å². The molecule has 5 N–H and O–H groups in total. The fourth-order valence-electron chi connectivity index (χ4n) is 4.13. The molecule has 0 aliphatic carbocycles. The molecule has 3 amide bonds. The number of nitrogens with zero attached hydrogens (tertiary/aromatic N) is 1. The summed E-state index contributed by atoms with van der Waals surface area (Å²) in [6.07, 6.45) is -0.360. The van der Waals surface area contributed by atoms with Gasteiger partial charge in [-0.05, 0) is 54.2 Å². The van der Waals surface area contributed by atoms with Crippen LogP contribution in [-0.4, -0.2) is 72.7 Å². The lowest BCUT2D eigenvalue weighted by Crippen LogP contribution is -2.56. The van der Waals surface area contributed by atoms with Crippen molar-refractivity contribution in [2.24, 2.45) is 5.92 Å². The predicted molar refractivity (Wildman–Crippen MR) is 156 cm³/mol. The third-order valence-corrected chi connectivity index (χ3v) is 6.42. The number of nitrogens with one attached hydrogen (secondary N) is 4. The van der Waals surface area contributed by atoms with Crippen LogP contribution in [0.2, 0.25) is 0 Å². The molecule has 3 atom stereocenters. The smallest absolute Gasteiger partial charge is 0.407 e. The number of methoxy groups -OCH3 is 1. The number of benzene rings is 2. The minimum atomic E-state index is -1.22. The molecule has 0 heterocycles. The number of ether oxygens (including phenoxy) is 2. The number of carbonyl (C=O) groups is 4. The molecule has 14 nitrogen and oxygen atoms in total. The van der Waals surface area contributed by atoms with Gasteiger partial charge in [0.2, 0.25) is 11.8 Å². The number of hydrogen-bond acceptors (Lipinski definition) is 9. The Labute approximate surface area is 249 Å². The first kappa shape index (κ1) is 34.5. The van der Waals surface area contributed by atoms with Crippen LogP contribution in [0.3, 0.4) is 0 Å². The first-order valence-corrected chi connectivity index (χ1v) is 13.7. The van der Waals surface area contributed by atoms with Crippen molar-refractivity contribution in [3.05, 3.63) is 69.8 Å². The summed E-state index contributed by atoms with van der Waals surface area (Å²) in [5.41, 5.74) is 1.24. The summed E-state index contributed by atoms with van der Waals surface area (Å²) in [4.78, 5) is 60.2. The van der Waals surface area contributed by atoms with Crippen LogP contribution in [0.15, 0.2) is 48.5 Å². The van der Waals surface area contributed by atoms with Crippen molar-refractivity contribution in [3.63, 3.8) is 0 Å². The normalized spacial score (nSPS) is 12.9. The van der Waals surface area contributed by atoms with Gasteiger partial charge >= 0.3 is 12.1 Å². The molecule has 0 bridgehead atoms. The molecule has 0 fully saturated rings. The molecule has 0 unspecified atom stereocenters. The van der Waals surface area contributed by atoms with Gasteiger partial charge in [-0.25, -0.2) is 4.79 Å². The molecule has 43 heavy (non-hydrogen) atoms. The topological polar surface area (TPSA) is 198 Å². The number of carbonyl (C=O) groups excluding carboxylic acids is 3. The van der Waals surface area contributed by atoms with Crippen LogP contribution < -0.4 is 26.0 Å². The number of hydrogen-bond donors (Lipinski definition) is 5. The van der Waals surface area contributed by atoms with Gasteiger partial charge in [-0.15, -0.1) is 0 Å². The second-order valence-electron chi connectivity index (χ2n) is 10.2. The second-order valence-corrected chi connectivity index (χ2v) is 10.2. The Hall–Kier alpha value is -4.72. The molecule has 0 radical (unpaired) electrons. The largest absolute Gasteiger partial charge is 0.497 e. The van der Waals surface area contributed by atoms with E-state index in [0.29, 0.717) is 17.7 Å². The van der Waals surface area contributed by atoms with Gasteiger partial charge in [0.1, 0.15) is 24.4 Å². The minimum absolute atomic E-state index is 0.0188. The lowest BCUT2D eigenvalue weighted by molar-refractivity contribution is -0.384. The zero-order chi connectivity index (χ0) is 31.9. The summed E-state index contributed by atoms with van der Waals surface area (Å²) < 4.78 is 10.2. The number of amides is 3. The number of alkyl carbamates (subject to hydrolysis) is 1. The first-order valence-electron chi connectivity index (χ1n) is 13.7. The number of aliphatic carboxylic acids is 1. The van der Waals surface area contributed by atoms with E-state index >= 15 is 0 Å². The lowest BCUT2D eigenvalue weighted by Gasteiger charge is -2.26. The summed E-state index contributed by atoms with van der Waals surface area (Å²) >= 11 is 0. The van der Waals surface area contributed by atoms with Crippen molar-refractivity contribution < 1.29 is 38.7 Å². The van der Waals surface area contributed by atoms with Crippen LogP contribution in [-0.2, 0) is 32.1 Å². The lowest BCUT2D eigenvalue weighted by atomic mass is 10.00. The molecule has 14 heteroatoms. The molecular weight excluding hydrogens is 562 g/mol. The second kappa shape index (κ2) is 17.3. The van der Waals surface area contributed by atoms with Crippen molar-refractivity contribution in [1.29, 1.82) is 0 Å². The maximum absolute atomic E-state index is 13.3. The van der Waals surface area contributed by atoms with Crippen LogP contribution in [0.1, 0.15) is 37.8 Å². The highest BCUT2D eigenvalue weighted by Gasteiger charge is 2.30. The van der Waals surface area contributed by atoms with Crippen LogP contribution in [0.4, 0.5) is 10.5 Å². The highest BCUT2D eigenvalue weighted by molar-refractivity contribution is 5.90. The van der Waals surface area contributed by atoms with Crippen LogP contribution >= 0.6 is 0 Å². The third kappa shape index (κ3) is 12.0.